The number of hydrogen-bond acceptors (Lipinski definition) is 2. The second-order valence-electron chi connectivity index (χ2n) is 4.75. The van der Waals surface area contributed by atoms with Gasteiger partial charge in [-0.15, -0.1) is 0 Å². The molecule has 102 valence electrons. The number of amides is 1. The molecule has 0 bridgehead atoms. The van der Waals surface area contributed by atoms with E-state index < -0.39 is 11.4 Å². The maximum atomic E-state index is 12.0. The number of rotatable bonds is 4. The summed E-state index contributed by atoms with van der Waals surface area (Å²) in [6, 6.07) is 5.25. The van der Waals surface area contributed by atoms with E-state index in [1.54, 1.807) is 18.2 Å². The molecule has 1 aromatic rings. The van der Waals surface area contributed by atoms with Crippen LogP contribution < -0.4 is 5.32 Å². The van der Waals surface area contributed by atoms with E-state index in [0.29, 0.717) is 22.9 Å². The zero-order valence-corrected chi connectivity index (χ0v) is 13.3. The van der Waals surface area contributed by atoms with Gasteiger partial charge in [0.05, 0.1) is 11.0 Å². The van der Waals surface area contributed by atoms with Gasteiger partial charge in [0, 0.05) is 15.5 Å². The minimum Gasteiger partial charge on any atom is -0.481 e. The Labute approximate surface area is 127 Å². The first-order valence-corrected chi connectivity index (χ1v) is 7.50. The fraction of sp³-hybridized carbons (Fsp3) is 0.385. The van der Waals surface area contributed by atoms with Crippen molar-refractivity contribution in [3.63, 3.8) is 0 Å². The van der Waals surface area contributed by atoms with Crippen molar-refractivity contribution in [2.45, 2.75) is 19.3 Å². The van der Waals surface area contributed by atoms with Crippen molar-refractivity contribution in [2.75, 3.05) is 6.54 Å². The molecule has 6 heteroatoms. The smallest absolute Gasteiger partial charge is 0.311 e. The van der Waals surface area contributed by atoms with Gasteiger partial charge in [-0.3, -0.25) is 9.59 Å². The van der Waals surface area contributed by atoms with Gasteiger partial charge in [-0.1, -0.05) is 22.4 Å². The summed E-state index contributed by atoms with van der Waals surface area (Å²) in [6.07, 6.45) is 2.17. The van der Waals surface area contributed by atoms with Crippen LogP contribution in [0.5, 0.6) is 0 Å². The number of carboxylic acid groups (broad SMARTS) is 1. The van der Waals surface area contributed by atoms with Gasteiger partial charge >= 0.3 is 5.97 Å². The Morgan fingerprint density at radius 1 is 1.32 bits per heavy atom. The van der Waals surface area contributed by atoms with Gasteiger partial charge in [0.15, 0.2) is 0 Å². The second-order valence-corrected chi connectivity index (χ2v) is 6.52. The van der Waals surface area contributed by atoms with Crippen molar-refractivity contribution in [2.24, 2.45) is 5.41 Å². The Kier molecular flexibility index (Phi) is 4.30. The summed E-state index contributed by atoms with van der Waals surface area (Å²) in [7, 11) is 0. The number of carbonyl (C=O) groups is 2. The Morgan fingerprint density at radius 2 is 2.00 bits per heavy atom. The molecule has 0 spiro atoms. The molecule has 0 heterocycles. The van der Waals surface area contributed by atoms with Gasteiger partial charge < -0.3 is 10.4 Å². The van der Waals surface area contributed by atoms with E-state index in [2.05, 4.69) is 37.2 Å². The highest BCUT2D eigenvalue weighted by molar-refractivity contribution is 9.11. The molecule has 0 aliphatic heterocycles. The zero-order chi connectivity index (χ0) is 14.0. The molecule has 1 aromatic carbocycles. The first kappa shape index (κ1) is 14.5. The molecule has 1 amide bonds. The van der Waals surface area contributed by atoms with E-state index in [1.165, 1.54) is 0 Å². The van der Waals surface area contributed by atoms with E-state index in [1.807, 2.05) is 0 Å². The van der Waals surface area contributed by atoms with E-state index in [0.717, 1.165) is 10.9 Å². The molecule has 1 aliphatic carbocycles. The molecular weight excluding hydrogens is 378 g/mol. The molecule has 2 rings (SSSR count). The van der Waals surface area contributed by atoms with Crippen molar-refractivity contribution in [1.82, 2.24) is 5.32 Å². The summed E-state index contributed by atoms with van der Waals surface area (Å²) in [5.41, 5.74) is -0.264. The molecule has 0 aromatic heterocycles. The molecule has 1 saturated carbocycles. The molecule has 1 fully saturated rings. The molecule has 1 aliphatic rings. The van der Waals surface area contributed by atoms with E-state index in [-0.39, 0.29) is 12.5 Å². The summed E-state index contributed by atoms with van der Waals surface area (Å²) in [5.74, 6) is -1.08. The Bertz CT molecular complexity index is 527. The molecule has 2 N–H and O–H groups in total. The highest BCUT2D eigenvalue weighted by Gasteiger charge is 2.44. The van der Waals surface area contributed by atoms with Crippen molar-refractivity contribution < 1.29 is 14.7 Å². The molecule has 0 saturated heterocycles. The van der Waals surface area contributed by atoms with E-state index in [9.17, 15) is 14.7 Å². The lowest BCUT2D eigenvalue weighted by Gasteiger charge is -2.37. The summed E-state index contributed by atoms with van der Waals surface area (Å²) in [5, 5.41) is 11.9. The van der Waals surface area contributed by atoms with Crippen LogP contribution in [0.4, 0.5) is 0 Å². The van der Waals surface area contributed by atoms with Crippen LogP contribution in [0.2, 0.25) is 0 Å². The largest absolute Gasteiger partial charge is 0.481 e. The first-order chi connectivity index (χ1) is 8.94. The Morgan fingerprint density at radius 3 is 2.47 bits per heavy atom. The predicted molar refractivity (Wildman–Crippen MR) is 78.1 cm³/mol. The van der Waals surface area contributed by atoms with Gasteiger partial charge in [-0.05, 0) is 47.0 Å². The lowest BCUT2D eigenvalue weighted by molar-refractivity contribution is -0.153. The van der Waals surface area contributed by atoms with Crippen LogP contribution >= 0.6 is 31.9 Å². The van der Waals surface area contributed by atoms with Gasteiger partial charge in [-0.2, -0.15) is 0 Å². The molecule has 4 nitrogen and oxygen atoms in total. The van der Waals surface area contributed by atoms with Crippen LogP contribution in [0, 0.1) is 5.41 Å². The van der Waals surface area contributed by atoms with Gasteiger partial charge in [0.25, 0.3) is 5.91 Å². The number of halogens is 2. The quantitative estimate of drug-likeness (QED) is 0.829. The molecule has 0 atom stereocenters. The minimum absolute atomic E-state index is 0.184. The Balaban J connectivity index is 2.03. The standard InChI is InChI=1S/C13H13Br2NO3/c14-8-2-3-9(10(15)6-8)11(17)16-7-13(12(18)19)4-1-5-13/h2-3,6H,1,4-5,7H2,(H,16,17)(H,18,19). The molecule has 0 unspecified atom stereocenters. The van der Waals surface area contributed by atoms with Crippen molar-refractivity contribution >= 4 is 43.7 Å². The van der Waals surface area contributed by atoms with Gasteiger partial charge in [-0.25, -0.2) is 0 Å². The lowest BCUT2D eigenvalue weighted by Crippen LogP contribution is -2.47. The third kappa shape index (κ3) is 3.00. The lowest BCUT2D eigenvalue weighted by atomic mass is 9.69. The van der Waals surface area contributed by atoms with Crippen molar-refractivity contribution in [3.8, 4) is 0 Å². The third-order valence-electron chi connectivity index (χ3n) is 3.53. The average molecular weight is 391 g/mol. The van der Waals surface area contributed by atoms with Gasteiger partial charge in [0.2, 0.25) is 0 Å². The number of aliphatic carboxylic acids is 1. The normalized spacial score (nSPS) is 16.5. The van der Waals surface area contributed by atoms with Crippen LogP contribution in [-0.4, -0.2) is 23.5 Å². The molecule has 19 heavy (non-hydrogen) atoms. The number of benzene rings is 1. The second kappa shape index (κ2) is 5.63. The highest BCUT2D eigenvalue weighted by atomic mass is 79.9. The highest BCUT2D eigenvalue weighted by Crippen LogP contribution is 2.40. The molecular formula is C13H13Br2NO3. The van der Waals surface area contributed by atoms with Crippen LogP contribution in [0.1, 0.15) is 29.6 Å². The van der Waals surface area contributed by atoms with Crippen LogP contribution in [0.3, 0.4) is 0 Å². The van der Waals surface area contributed by atoms with Crippen molar-refractivity contribution in [3.05, 3.63) is 32.7 Å². The SMILES string of the molecule is O=C(NCC1(C(=O)O)CCC1)c1ccc(Br)cc1Br. The molecule has 0 radical (unpaired) electrons. The number of nitrogens with one attached hydrogen (secondary N) is 1. The number of hydrogen-bond donors (Lipinski definition) is 2. The van der Waals surface area contributed by atoms with Crippen LogP contribution in [0.25, 0.3) is 0 Å². The van der Waals surface area contributed by atoms with Crippen LogP contribution in [0.15, 0.2) is 27.1 Å². The number of carbonyl (C=O) groups excluding carboxylic acids is 1. The summed E-state index contributed by atoms with van der Waals surface area (Å²) < 4.78 is 1.55. The van der Waals surface area contributed by atoms with Gasteiger partial charge in [0.1, 0.15) is 0 Å². The summed E-state index contributed by atoms with van der Waals surface area (Å²) in [6.45, 7) is 0.184. The van der Waals surface area contributed by atoms with E-state index in [4.69, 9.17) is 0 Å². The monoisotopic (exact) mass is 389 g/mol. The Hall–Kier alpha value is -0.880. The van der Waals surface area contributed by atoms with E-state index >= 15 is 0 Å². The third-order valence-corrected chi connectivity index (χ3v) is 4.68. The zero-order valence-electron chi connectivity index (χ0n) is 10.1. The number of carboxylic acids is 1. The fourth-order valence-electron chi connectivity index (χ4n) is 2.09. The minimum atomic E-state index is -0.825. The summed E-state index contributed by atoms with van der Waals surface area (Å²) in [4.78, 5) is 23.2. The fourth-order valence-corrected chi connectivity index (χ4v) is 3.32. The predicted octanol–water partition coefficient (Wildman–Crippen LogP) is 3.20. The average Bonchev–Trinajstić information content (AvgIpc) is 2.26. The first-order valence-electron chi connectivity index (χ1n) is 5.91. The van der Waals surface area contributed by atoms with Crippen molar-refractivity contribution in [1.29, 1.82) is 0 Å². The topological polar surface area (TPSA) is 66.4 Å². The maximum Gasteiger partial charge on any atom is 0.311 e. The van der Waals surface area contributed by atoms with Crippen LogP contribution in [-0.2, 0) is 4.79 Å². The summed E-state index contributed by atoms with van der Waals surface area (Å²) >= 11 is 6.64. The maximum absolute atomic E-state index is 12.0.